The lowest BCUT2D eigenvalue weighted by Crippen LogP contribution is -2.30. The lowest BCUT2D eigenvalue weighted by atomic mass is 10.1. The molecule has 0 fully saturated rings. The summed E-state index contributed by atoms with van der Waals surface area (Å²) in [7, 11) is -4.66. The number of nitrogens with two attached hydrogens (primary N) is 1. The van der Waals surface area contributed by atoms with Crippen LogP contribution in [0.25, 0.3) is 0 Å². The molecule has 0 spiro atoms. The van der Waals surface area contributed by atoms with Crippen LogP contribution in [0.3, 0.4) is 0 Å². The molecule has 1 aromatic carbocycles. The van der Waals surface area contributed by atoms with E-state index in [0.29, 0.717) is 29.7 Å². The fourth-order valence-electron chi connectivity index (χ4n) is 2.58. The Bertz CT molecular complexity index is 899. The summed E-state index contributed by atoms with van der Waals surface area (Å²) in [5.41, 5.74) is 8.33. The summed E-state index contributed by atoms with van der Waals surface area (Å²) in [4.78, 5) is 32.5. The van der Waals surface area contributed by atoms with E-state index in [9.17, 15) is 14.5 Å². The minimum Gasteiger partial charge on any atom is -0.506 e. The molecule has 1 aromatic heterocycles. The molecule has 10 nitrogen and oxygen atoms in total. The maximum Gasteiger partial charge on any atom is 0.469 e. The van der Waals surface area contributed by atoms with E-state index < -0.39 is 26.4 Å². The zero-order valence-electron chi connectivity index (χ0n) is 15.8. The predicted octanol–water partition coefficient (Wildman–Crippen LogP) is 1.66. The second-order valence-corrected chi connectivity index (χ2v) is 7.73. The summed E-state index contributed by atoms with van der Waals surface area (Å²) in [6.07, 6.45) is 2.26. The van der Waals surface area contributed by atoms with Gasteiger partial charge < -0.3 is 31.1 Å². The van der Waals surface area contributed by atoms with Crippen LogP contribution < -0.4 is 11.1 Å². The van der Waals surface area contributed by atoms with Crippen molar-refractivity contribution in [2.75, 3.05) is 5.32 Å². The van der Waals surface area contributed by atoms with Crippen LogP contribution in [0.2, 0.25) is 0 Å². The minimum absolute atomic E-state index is 0.0800. The predicted molar refractivity (Wildman–Crippen MR) is 105 cm³/mol. The lowest BCUT2D eigenvalue weighted by Gasteiger charge is -2.15. The lowest BCUT2D eigenvalue weighted by molar-refractivity contribution is -0.138. The van der Waals surface area contributed by atoms with E-state index in [0.717, 1.165) is 11.3 Å². The fourth-order valence-corrected chi connectivity index (χ4v) is 2.89. The maximum atomic E-state index is 10.9. The molecule has 0 saturated heterocycles. The molecule has 1 heterocycles. The third kappa shape index (κ3) is 7.12. The molecule has 0 aliphatic carbocycles. The Balaban J connectivity index is 2.04. The minimum atomic E-state index is -4.66. The average Bonchev–Trinajstić information content (AvgIpc) is 2.66. The van der Waals surface area contributed by atoms with Gasteiger partial charge in [-0.2, -0.15) is 0 Å². The number of hydrogen-bond acceptors (Lipinski definition) is 7. The molecule has 0 bridgehead atoms. The van der Waals surface area contributed by atoms with Crippen molar-refractivity contribution in [3.05, 3.63) is 52.8 Å². The van der Waals surface area contributed by atoms with Crippen LogP contribution >= 0.6 is 7.82 Å². The highest BCUT2D eigenvalue weighted by atomic mass is 31.2. The van der Waals surface area contributed by atoms with Gasteiger partial charge in [-0.1, -0.05) is 12.1 Å². The molecule has 0 aliphatic heterocycles. The number of pyridine rings is 1. The summed E-state index contributed by atoms with van der Waals surface area (Å²) in [5.74, 6) is -1.11. The van der Waals surface area contributed by atoms with Crippen LogP contribution in [0.5, 0.6) is 5.75 Å². The second kappa shape index (κ2) is 9.82. The zero-order chi connectivity index (χ0) is 21.6. The van der Waals surface area contributed by atoms with E-state index >= 15 is 0 Å². The number of aromatic nitrogens is 1. The Hall–Kier alpha value is -2.49. The molecule has 0 aliphatic rings. The van der Waals surface area contributed by atoms with E-state index in [-0.39, 0.29) is 12.3 Å². The van der Waals surface area contributed by atoms with Gasteiger partial charge in [0.25, 0.3) is 0 Å². The SMILES string of the molecule is Cc1ncc(COP(=O)(O)O)c(CNc2ccc(CCC(N)C(=O)O)cc2)c1O. The van der Waals surface area contributed by atoms with E-state index in [2.05, 4.69) is 14.8 Å². The third-order valence-corrected chi connectivity index (χ3v) is 4.77. The number of carboxylic acids is 1. The van der Waals surface area contributed by atoms with Gasteiger partial charge in [0.2, 0.25) is 0 Å². The molecular weight excluding hydrogens is 401 g/mol. The van der Waals surface area contributed by atoms with Gasteiger partial charge in [0.05, 0.1) is 12.3 Å². The highest BCUT2D eigenvalue weighted by Crippen LogP contribution is 2.38. The Morgan fingerprint density at radius 3 is 2.55 bits per heavy atom. The van der Waals surface area contributed by atoms with Crippen molar-refractivity contribution >= 4 is 19.5 Å². The van der Waals surface area contributed by atoms with Crippen molar-refractivity contribution in [1.29, 1.82) is 0 Å². The second-order valence-electron chi connectivity index (χ2n) is 6.49. The average molecular weight is 425 g/mol. The van der Waals surface area contributed by atoms with Crippen molar-refractivity contribution < 1.29 is 33.9 Å². The molecule has 2 rings (SSSR count). The number of hydrogen-bond donors (Lipinski definition) is 6. The Kier molecular flexibility index (Phi) is 7.72. The summed E-state index contributed by atoms with van der Waals surface area (Å²) in [5, 5.41) is 22.2. The number of carbonyl (C=O) groups is 1. The molecular formula is C18H24N3O7P. The van der Waals surface area contributed by atoms with Crippen LogP contribution in [0.1, 0.15) is 28.8 Å². The smallest absolute Gasteiger partial charge is 0.469 e. The van der Waals surface area contributed by atoms with Crippen LogP contribution in [0, 0.1) is 6.92 Å². The highest BCUT2D eigenvalue weighted by Gasteiger charge is 2.18. The quantitative estimate of drug-likeness (QED) is 0.307. The first-order valence-corrected chi connectivity index (χ1v) is 10.3. The van der Waals surface area contributed by atoms with Gasteiger partial charge in [0.1, 0.15) is 11.8 Å². The first kappa shape index (κ1) is 22.8. The van der Waals surface area contributed by atoms with Gasteiger partial charge in [-0.3, -0.25) is 14.3 Å². The number of benzene rings is 1. The molecule has 0 radical (unpaired) electrons. The topological polar surface area (TPSA) is 175 Å². The number of carboxylic acid groups (broad SMARTS) is 1. The van der Waals surface area contributed by atoms with Crippen molar-refractivity contribution in [2.45, 2.75) is 39.0 Å². The van der Waals surface area contributed by atoms with Crippen molar-refractivity contribution in [3.63, 3.8) is 0 Å². The third-order valence-electron chi connectivity index (χ3n) is 4.30. The molecule has 11 heteroatoms. The molecule has 2 aromatic rings. The Labute approximate surface area is 167 Å². The summed E-state index contributed by atoms with van der Waals surface area (Å²) in [6, 6.07) is 6.38. The van der Waals surface area contributed by atoms with Gasteiger partial charge >= 0.3 is 13.8 Å². The van der Waals surface area contributed by atoms with E-state index in [1.165, 1.54) is 6.20 Å². The largest absolute Gasteiger partial charge is 0.506 e. The fraction of sp³-hybridized carbons (Fsp3) is 0.333. The van der Waals surface area contributed by atoms with Gasteiger partial charge in [-0.15, -0.1) is 0 Å². The number of nitrogens with one attached hydrogen (secondary N) is 1. The number of phosphoric ester groups is 1. The molecule has 1 unspecified atom stereocenters. The normalized spacial score (nSPS) is 12.6. The number of aryl methyl sites for hydroxylation is 2. The summed E-state index contributed by atoms with van der Waals surface area (Å²) >= 11 is 0. The first-order chi connectivity index (χ1) is 13.6. The molecule has 158 valence electrons. The number of anilines is 1. The van der Waals surface area contributed by atoms with Gasteiger partial charge in [0, 0.05) is 29.6 Å². The molecule has 0 amide bonds. The van der Waals surface area contributed by atoms with E-state index in [1.54, 1.807) is 19.1 Å². The van der Waals surface area contributed by atoms with E-state index in [4.69, 9.17) is 20.6 Å². The van der Waals surface area contributed by atoms with Crippen LogP contribution in [0.15, 0.2) is 30.5 Å². The number of rotatable bonds is 10. The van der Waals surface area contributed by atoms with Crippen LogP contribution in [0.4, 0.5) is 5.69 Å². The number of phosphoric acid groups is 1. The van der Waals surface area contributed by atoms with Crippen molar-refractivity contribution in [2.24, 2.45) is 5.73 Å². The number of aliphatic carboxylic acids is 1. The highest BCUT2D eigenvalue weighted by molar-refractivity contribution is 7.46. The van der Waals surface area contributed by atoms with Crippen molar-refractivity contribution in [3.8, 4) is 5.75 Å². The zero-order valence-corrected chi connectivity index (χ0v) is 16.7. The van der Waals surface area contributed by atoms with Crippen molar-refractivity contribution in [1.82, 2.24) is 4.98 Å². The number of aromatic hydroxyl groups is 1. The van der Waals surface area contributed by atoms with Gasteiger partial charge in [-0.25, -0.2) is 4.57 Å². The number of nitrogens with zero attached hydrogens (tertiary/aromatic N) is 1. The van der Waals surface area contributed by atoms with Gasteiger partial charge in [0.15, 0.2) is 0 Å². The summed E-state index contributed by atoms with van der Waals surface area (Å²) in [6.45, 7) is 1.40. The Morgan fingerprint density at radius 2 is 1.97 bits per heavy atom. The standard InChI is InChI=1S/C18H24N3O7P/c1-11-17(22)15(13(8-20-11)10-28-29(25,26)27)9-21-14-5-2-12(3-6-14)4-7-16(19)18(23)24/h2-3,5-6,8,16,21-22H,4,7,9-10,19H2,1H3,(H,23,24)(H2,25,26,27). The van der Waals surface area contributed by atoms with E-state index in [1.807, 2.05) is 12.1 Å². The first-order valence-electron chi connectivity index (χ1n) is 8.74. The summed E-state index contributed by atoms with van der Waals surface area (Å²) < 4.78 is 15.5. The monoisotopic (exact) mass is 425 g/mol. The van der Waals surface area contributed by atoms with Gasteiger partial charge in [-0.05, 0) is 37.5 Å². The molecule has 0 saturated carbocycles. The molecule has 29 heavy (non-hydrogen) atoms. The van der Waals surface area contributed by atoms with Crippen LogP contribution in [-0.4, -0.2) is 37.0 Å². The molecule has 7 N–H and O–H groups in total. The molecule has 1 atom stereocenters. The maximum absolute atomic E-state index is 10.9. The Morgan fingerprint density at radius 1 is 1.31 bits per heavy atom. The van der Waals surface area contributed by atoms with Crippen LogP contribution in [-0.2, 0) is 33.5 Å².